The van der Waals surface area contributed by atoms with Gasteiger partial charge in [0.05, 0.1) is 45.7 Å². The number of carbonyl (C=O) groups is 2. The number of nitrogens with one attached hydrogen (secondary N) is 1. The molecule has 0 bridgehead atoms. The maximum Gasteiger partial charge on any atom is 0.244 e. The van der Waals surface area contributed by atoms with E-state index in [4.69, 9.17) is 67.5 Å². The monoisotopic (exact) mass is 1050 g/mol. The van der Waals surface area contributed by atoms with Gasteiger partial charge in [0, 0.05) is 75.9 Å². The molecular formula is C34H39Cl5I2N8O4. The fraction of sp³-hybridized carbons (Fsp3) is 0.412. The molecule has 2 saturated heterocycles. The topological polar surface area (TPSA) is 112 Å². The first-order valence-electron chi connectivity index (χ1n) is 16.3. The van der Waals surface area contributed by atoms with E-state index in [1.807, 2.05) is 55.1 Å². The van der Waals surface area contributed by atoms with E-state index in [1.54, 1.807) is 23.8 Å². The normalized spacial score (nSPS) is 14.2. The first-order chi connectivity index (χ1) is 25.3. The minimum atomic E-state index is -0.00463. The first kappa shape index (κ1) is 43.6. The molecule has 2 aliphatic rings. The Hall–Kier alpha value is -2.09. The lowest BCUT2D eigenvalue weighted by Crippen LogP contribution is -2.49. The molecule has 0 atom stereocenters. The van der Waals surface area contributed by atoms with Gasteiger partial charge in [-0.3, -0.25) is 19.4 Å². The first-order valence-corrected chi connectivity index (χ1v) is 20.5. The molecule has 2 amide bonds. The number of aryl methyl sites for hydroxylation is 1. The smallest absolute Gasteiger partial charge is 0.244 e. The molecule has 0 unspecified atom stereocenters. The molecule has 6 rings (SSSR count). The Bertz CT molecular complexity index is 1840. The number of amides is 2. The summed E-state index contributed by atoms with van der Waals surface area (Å²) in [6.45, 7) is 9.76. The highest BCUT2D eigenvalue weighted by molar-refractivity contribution is 14.1. The van der Waals surface area contributed by atoms with E-state index in [9.17, 15) is 9.59 Å². The van der Waals surface area contributed by atoms with Gasteiger partial charge in [-0.1, -0.05) is 46.4 Å². The number of piperazine rings is 2. The number of rotatable bonds is 7. The summed E-state index contributed by atoms with van der Waals surface area (Å²) in [5.41, 5.74) is 3.84. The van der Waals surface area contributed by atoms with Crippen LogP contribution in [0.3, 0.4) is 0 Å². The van der Waals surface area contributed by atoms with Crippen LogP contribution in [0.15, 0.2) is 36.4 Å². The van der Waals surface area contributed by atoms with Crippen LogP contribution in [-0.4, -0.2) is 114 Å². The molecule has 288 valence electrons. The van der Waals surface area contributed by atoms with Crippen molar-refractivity contribution in [1.82, 2.24) is 29.8 Å². The SMILES string of the molecule is COc1cc(N2CCN(C(=O)CCl)CC2)ccc1Cl.COc1cc(N2CCN(C(=O)Cn3nc(I)c(Cl)c3C)CC2)ccc1Cl.Cc1[nH]nc(I)c1Cl. The number of methoxy groups -OCH3 is 2. The number of halogens is 7. The van der Waals surface area contributed by atoms with Gasteiger partial charge in [0.25, 0.3) is 0 Å². The summed E-state index contributed by atoms with van der Waals surface area (Å²) in [5, 5.41) is 13.4. The van der Waals surface area contributed by atoms with Gasteiger partial charge >= 0.3 is 0 Å². The fourth-order valence-electron chi connectivity index (χ4n) is 5.46. The van der Waals surface area contributed by atoms with Crippen molar-refractivity contribution in [2.24, 2.45) is 0 Å². The standard InChI is InChI=1S/C17H19Cl2IN4O2.C13H16Cl2N2O2.C4H4ClIN2/c1-11-16(19)17(20)21-24(11)10-15(25)23-7-5-22(6-8-23)12-3-4-13(18)14(9-12)26-2;1-19-12-8-10(2-3-11(12)15)16-4-6-17(7-5-16)13(18)9-14;1-2-3(5)4(6)8-7-2/h3-4,9H,5-8,10H2,1-2H3;2-3,8H,4-7,9H2,1H3;1H3,(H,7,8). The van der Waals surface area contributed by atoms with Gasteiger partial charge in [-0.25, -0.2) is 0 Å². The second-order valence-electron chi connectivity index (χ2n) is 11.8. The Kier molecular flexibility index (Phi) is 17.1. The van der Waals surface area contributed by atoms with Crippen LogP contribution in [0.25, 0.3) is 0 Å². The quantitative estimate of drug-likeness (QED) is 0.148. The van der Waals surface area contributed by atoms with Crippen molar-refractivity contribution < 1.29 is 19.1 Å². The Labute approximate surface area is 361 Å². The molecule has 2 aromatic carbocycles. The lowest BCUT2D eigenvalue weighted by Gasteiger charge is -2.36. The summed E-state index contributed by atoms with van der Waals surface area (Å²) >= 11 is 33.6. The highest BCUT2D eigenvalue weighted by Crippen LogP contribution is 2.31. The van der Waals surface area contributed by atoms with Gasteiger partial charge in [0.2, 0.25) is 11.8 Å². The minimum absolute atomic E-state index is 0.00463. The maximum absolute atomic E-state index is 12.6. The van der Waals surface area contributed by atoms with Gasteiger partial charge in [0.1, 0.15) is 31.3 Å². The van der Waals surface area contributed by atoms with Crippen LogP contribution in [0.5, 0.6) is 11.5 Å². The second-order valence-corrected chi connectivity index (χ2v) is 15.7. The molecule has 2 aromatic heterocycles. The molecule has 53 heavy (non-hydrogen) atoms. The molecule has 0 aliphatic carbocycles. The molecular weight excluding hydrogens is 1020 g/mol. The number of aromatic nitrogens is 4. The Morgan fingerprint density at radius 2 is 1.21 bits per heavy atom. The molecule has 0 radical (unpaired) electrons. The van der Waals surface area contributed by atoms with Crippen LogP contribution in [0, 0.1) is 21.2 Å². The van der Waals surface area contributed by atoms with Crippen molar-refractivity contribution in [2.75, 3.05) is 82.3 Å². The average Bonchev–Trinajstić information content (AvgIpc) is 3.60. The molecule has 1 N–H and O–H groups in total. The van der Waals surface area contributed by atoms with Crippen molar-refractivity contribution in [2.45, 2.75) is 20.4 Å². The van der Waals surface area contributed by atoms with Gasteiger partial charge in [-0.05, 0) is 83.3 Å². The maximum atomic E-state index is 12.6. The lowest BCUT2D eigenvalue weighted by molar-refractivity contribution is -0.132. The number of ether oxygens (including phenoxy) is 2. The average molecular weight is 1050 g/mol. The highest BCUT2D eigenvalue weighted by Gasteiger charge is 2.24. The summed E-state index contributed by atoms with van der Waals surface area (Å²) in [6.07, 6.45) is 0. The third kappa shape index (κ3) is 11.7. The number of anilines is 2. The van der Waals surface area contributed by atoms with Crippen molar-refractivity contribution in [3.05, 3.63) is 75.3 Å². The van der Waals surface area contributed by atoms with Crippen LogP contribution in [-0.2, 0) is 16.1 Å². The zero-order valence-corrected chi connectivity index (χ0v) is 37.5. The molecule has 0 saturated carbocycles. The van der Waals surface area contributed by atoms with Gasteiger partial charge in [-0.15, -0.1) is 11.6 Å². The number of alkyl halides is 1. The Morgan fingerprint density at radius 3 is 1.55 bits per heavy atom. The Morgan fingerprint density at radius 1 is 0.736 bits per heavy atom. The molecule has 0 spiro atoms. The van der Waals surface area contributed by atoms with Crippen molar-refractivity contribution in [3.8, 4) is 11.5 Å². The summed E-state index contributed by atoms with van der Waals surface area (Å²) in [5.74, 6) is 1.42. The lowest BCUT2D eigenvalue weighted by atomic mass is 10.2. The van der Waals surface area contributed by atoms with Crippen LogP contribution in [0.4, 0.5) is 11.4 Å². The van der Waals surface area contributed by atoms with Crippen LogP contribution < -0.4 is 19.3 Å². The van der Waals surface area contributed by atoms with E-state index in [0.29, 0.717) is 52.7 Å². The van der Waals surface area contributed by atoms with E-state index in [2.05, 4.69) is 70.3 Å². The number of aromatic amines is 1. The van der Waals surface area contributed by atoms with Crippen LogP contribution in [0.1, 0.15) is 11.4 Å². The van der Waals surface area contributed by atoms with Gasteiger partial charge in [-0.2, -0.15) is 10.2 Å². The third-order valence-corrected chi connectivity index (χ3v) is 12.5. The van der Waals surface area contributed by atoms with E-state index in [-0.39, 0.29) is 24.2 Å². The highest BCUT2D eigenvalue weighted by atomic mass is 127. The predicted octanol–water partition coefficient (Wildman–Crippen LogP) is 7.67. The second kappa shape index (κ2) is 20.7. The predicted molar refractivity (Wildman–Crippen MR) is 230 cm³/mol. The van der Waals surface area contributed by atoms with E-state index in [0.717, 1.165) is 61.4 Å². The summed E-state index contributed by atoms with van der Waals surface area (Å²) in [4.78, 5) is 32.2. The molecule has 2 fully saturated rings. The minimum Gasteiger partial charge on any atom is -0.495 e. The Balaban J connectivity index is 0.000000202. The van der Waals surface area contributed by atoms with Crippen molar-refractivity contribution in [1.29, 1.82) is 0 Å². The number of H-pyrrole nitrogens is 1. The summed E-state index contributed by atoms with van der Waals surface area (Å²) in [7, 11) is 3.20. The van der Waals surface area contributed by atoms with E-state index in [1.165, 1.54) is 0 Å². The molecule has 4 heterocycles. The summed E-state index contributed by atoms with van der Waals surface area (Å²) < 4.78 is 13.7. The van der Waals surface area contributed by atoms with Crippen LogP contribution >= 0.6 is 103 Å². The zero-order valence-electron chi connectivity index (χ0n) is 29.4. The number of hydrogen-bond donors (Lipinski definition) is 1. The summed E-state index contributed by atoms with van der Waals surface area (Å²) in [6, 6.07) is 11.4. The molecule has 19 heteroatoms. The number of benzene rings is 2. The number of hydrogen-bond acceptors (Lipinski definition) is 8. The van der Waals surface area contributed by atoms with Crippen molar-refractivity contribution >= 4 is 126 Å². The third-order valence-electron chi connectivity index (χ3n) is 8.59. The van der Waals surface area contributed by atoms with Gasteiger partial charge in [0.15, 0.2) is 0 Å². The van der Waals surface area contributed by atoms with Crippen molar-refractivity contribution in [3.63, 3.8) is 0 Å². The van der Waals surface area contributed by atoms with E-state index < -0.39 is 0 Å². The van der Waals surface area contributed by atoms with Gasteiger partial charge < -0.3 is 29.1 Å². The largest absolute Gasteiger partial charge is 0.495 e. The van der Waals surface area contributed by atoms with E-state index >= 15 is 0 Å². The number of carbonyl (C=O) groups excluding carboxylic acids is 2. The molecule has 12 nitrogen and oxygen atoms in total. The zero-order chi connectivity index (χ0) is 38.8. The molecule has 4 aromatic rings. The fourth-order valence-corrected chi connectivity index (χ4v) is 7.41. The van der Waals surface area contributed by atoms with Crippen LogP contribution in [0.2, 0.25) is 20.1 Å². The number of nitrogens with zero attached hydrogens (tertiary/aromatic N) is 7. The molecule has 2 aliphatic heterocycles.